The minimum Gasteiger partial charge on any atom is -0.493 e. The highest BCUT2D eigenvalue weighted by atomic mass is 16.5. The molecule has 3 rings (SSSR count). The molecule has 0 radical (unpaired) electrons. The zero-order valence-electron chi connectivity index (χ0n) is 28.6. The van der Waals surface area contributed by atoms with Gasteiger partial charge in [0.25, 0.3) is 5.91 Å². The topological polar surface area (TPSA) is 113 Å². The van der Waals surface area contributed by atoms with Crippen molar-refractivity contribution in [2.75, 3.05) is 24.6 Å². The van der Waals surface area contributed by atoms with Crippen LogP contribution < -0.4 is 15.0 Å². The van der Waals surface area contributed by atoms with E-state index in [1.165, 1.54) is 37.8 Å². The monoisotopic (exact) mass is 631 g/mol. The summed E-state index contributed by atoms with van der Waals surface area (Å²) in [5.74, 6) is 1.03. The van der Waals surface area contributed by atoms with E-state index in [0.29, 0.717) is 30.9 Å². The number of nitriles is 3. The van der Waals surface area contributed by atoms with E-state index in [0.717, 1.165) is 54.8 Å². The maximum atomic E-state index is 12.5. The molecule has 1 aliphatic heterocycles. The number of hydrogen-bond donors (Lipinski definition) is 1. The molecule has 0 aliphatic carbocycles. The fourth-order valence-electron chi connectivity index (χ4n) is 5.61. The maximum absolute atomic E-state index is 12.5. The van der Waals surface area contributed by atoms with Crippen molar-refractivity contribution in [2.24, 2.45) is 5.92 Å². The van der Waals surface area contributed by atoms with Gasteiger partial charge in [0, 0.05) is 36.0 Å². The lowest BCUT2D eigenvalue weighted by atomic mass is 9.99. The van der Waals surface area contributed by atoms with Crippen LogP contribution in [0.4, 0.5) is 5.69 Å². The molecule has 0 saturated carbocycles. The van der Waals surface area contributed by atoms with E-state index in [2.05, 4.69) is 68.3 Å². The van der Waals surface area contributed by atoms with E-state index >= 15 is 0 Å². The van der Waals surface area contributed by atoms with Crippen LogP contribution in [0.15, 0.2) is 64.9 Å². The van der Waals surface area contributed by atoms with Crippen LogP contribution in [-0.4, -0.2) is 25.6 Å². The molecule has 1 atom stereocenters. The molecule has 2 aromatic rings. The Balaban J connectivity index is 1.80. The molecule has 0 spiro atoms. The summed E-state index contributed by atoms with van der Waals surface area (Å²) in [5.41, 5.74) is 4.44. The van der Waals surface area contributed by atoms with Crippen molar-refractivity contribution in [1.82, 2.24) is 5.32 Å². The second-order valence-corrected chi connectivity index (χ2v) is 12.1. The van der Waals surface area contributed by atoms with Gasteiger partial charge in [0.2, 0.25) is 0 Å². The zero-order chi connectivity index (χ0) is 34.0. The Kier molecular flexibility index (Phi) is 15.3. The first kappa shape index (κ1) is 36.7. The van der Waals surface area contributed by atoms with Crippen LogP contribution in [0.5, 0.6) is 5.75 Å². The number of nitrogens with zero attached hydrogens (tertiary/aromatic N) is 4. The van der Waals surface area contributed by atoms with E-state index in [9.17, 15) is 20.6 Å². The molecule has 0 aromatic heterocycles. The van der Waals surface area contributed by atoms with Gasteiger partial charge in [-0.2, -0.15) is 15.8 Å². The Morgan fingerprint density at radius 3 is 2.17 bits per heavy atom. The van der Waals surface area contributed by atoms with E-state index in [4.69, 9.17) is 4.74 Å². The Bertz CT molecular complexity index is 1540. The molecule has 7 heteroatoms. The molecule has 2 aromatic carbocycles. The predicted octanol–water partition coefficient (Wildman–Crippen LogP) is 9.04. The van der Waals surface area contributed by atoms with Gasteiger partial charge in [-0.05, 0) is 61.3 Å². The van der Waals surface area contributed by atoms with Gasteiger partial charge in [0.1, 0.15) is 24.0 Å². The molecule has 1 amide bonds. The summed E-state index contributed by atoms with van der Waals surface area (Å²) >= 11 is 0. The lowest BCUT2D eigenvalue weighted by molar-refractivity contribution is -0.116. The summed E-state index contributed by atoms with van der Waals surface area (Å²) in [5, 5.41) is 30.5. The van der Waals surface area contributed by atoms with Gasteiger partial charge < -0.3 is 15.0 Å². The number of rotatable bonds is 19. The summed E-state index contributed by atoms with van der Waals surface area (Å²) in [6, 6.07) is 20.2. The van der Waals surface area contributed by atoms with Crippen LogP contribution in [0.1, 0.15) is 102 Å². The SMILES string of the molecule is CCCCC(CC)COc1cc(N(CCCC)CCCC)ccc1/C=C/c1ccc(CCC2=C(C#N)C(=C(C#N)C#N)NC2=O)cc1. The van der Waals surface area contributed by atoms with Crippen LogP contribution in [0.2, 0.25) is 0 Å². The molecule has 246 valence electrons. The van der Waals surface area contributed by atoms with Crippen molar-refractivity contribution in [3.05, 3.63) is 81.6 Å². The number of allylic oxidation sites excluding steroid dienone is 2. The third-order valence-electron chi connectivity index (χ3n) is 8.69. The molecular weight excluding hydrogens is 582 g/mol. The van der Waals surface area contributed by atoms with Crippen molar-refractivity contribution < 1.29 is 9.53 Å². The predicted molar refractivity (Wildman–Crippen MR) is 190 cm³/mol. The average molecular weight is 632 g/mol. The first-order valence-electron chi connectivity index (χ1n) is 17.2. The Labute approximate surface area is 281 Å². The van der Waals surface area contributed by atoms with Crippen molar-refractivity contribution >= 4 is 23.7 Å². The lowest BCUT2D eigenvalue weighted by Crippen LogP contribution is -2.25. The molecule has 0 saturated heterocycles. The van der Waals surface area contributed by atoms with E-state index in [1.54, 1.807) is 12.1 Å². The summed E-state index contributed by atoms with van der Waals surface area (Å²) in [6.07, 6.45) is 14.4. The van der Waals surface area contributed by atoms with Gasteiger partial charge in [0.15, 0.2) is 5.57 Å². The summed E-state index contributed by atoms with van der Waals surface area (Å²) < 4.78 is 6.56. The second-order valence-electron chi connectivity index (χ2n) is 12.1. The molecule has 1 unspecified atom stereocenters. The number of ether oxygens (including phenoxy) is 1. The number of carbonyl (C=O) groups excluding carboxylic acids is 1. The van der Waals surface area contributed by atoms with E-state index in [1.807, 2.05) is 30.3 Å². The van der Waals surface area contributed by atoms with Crippen LogP contribution in [0, 0.1) is 39.9 Å². The van der Waals surface area contributed by atoms with Crippen molar-refractivity contribution in [3.63, 3.8) is 0 Å². The van der Waals surface area contributed by atoms with Gasteiger partial charge >= 0.3 is 0 Å². The van der Waals surface area contributed by atoms with Gasteiger partial charge in [-0.25, -0.2) is 0 Å². The van der Waals surface area contributed by atoms with Crippen LogP contribution in [0.3, 0.4) is 0 Å². The average Bonchev–Trinajstić information content (AvgIpc) is 3.42. The molecule has 7 nitrogen and oxygen atoms in total. The van der Waals surface area contributed by atoms with E-state index in [-0.39, 0.29) is 16.8 Å². The Morgan fingerprint density at radius 1 is 0.894 bits per heavy atom. The fourth-order valence-corrected chi connectivity index (χ4v) is 5.61. The van der Waals surface area contributed by atoms with Gasteiger partial charge in [-0.15, -0.1) is 0 Å². The third kappa shape index (κ3) is 10.6. The van der Waals surface area contributed by atoms with Crippen LogP contribution in [-0.2, 0) is 11.2 Å². The standard InChI is InChI=1S/C40H49N5O2/c1-5-9-12-30(8-4)29-47-38-25-35(45(23-10-6-2)24-11-7-3)21-20-33(38)19-17-31-13-15-32(16-14-31)18-22-36-37(28-43)39(44-40(36)46)34(26-41)27-42/h13-17,19-21,25,30H,5-12,18,22-24,29H2,1-4H3,(H,44,46)/b19-17+. The summed E-state index contributed by atoms with van der Waals surface area (Å²) in [4.78, 5) is 15.0. The maximum Gasteiger partial charge on any atom is 0.253 e. The summed E-state index contributed by atoms with van der Waals surface area (Å²) in [6.45, 7) is 11.8. The number of amides is 1. The molecule has 0 fully saturated rings. The van der Waals surface area contributed by atoms with E-state index < -0.39 is 5.91 Å². The first-order valence-corrected chi connectivity index (χ1v) is 17.2. The number of aryl methyl sites for hydroxylation is 1. The number of hydrogen-bond acceptors (Lipinski definition) is 6. The highest BCUT2D eigenvalue weighted by molar-refractivity contribution is 6.02. The quantitative estimate of drug-likeness (QED) is 0.122. The number of anilines is 1. The highest BCUT2D eigenvalue weighted by Gasteiger charge is 2.29. The molecule has 0 bridgehead atoms. The third-order valence-corrected chi connectivity index (χ3v) is 8.69. The highest BCUT2D eigenvalue weighted by Crippen LogP contribution is 2.30. The number of unbranched alkanes of at least 4 members (excludes halogenated alkanes) is 3. The zero-order valence-corrected chi connectivity index (χ0v) is 28.6. The fraction of sp³-hybridized carbons (Fsp3) is 0.450. The largest absolute Gasteiger partial charge is 0.493 e. The van der Waals surface area contributed by atoms with Gasteiger partial charge in [-0.1, -0.05) is 96.2 Å². The first-order chi connectivity index (χ1) is 22.9. The lowest BCUT2D eigenvalue weighted by Gasteiger charge is -2.26. The Morgan fingerprint density at radius 2 is 1.57 bits per heavy atom. The van der Waals surface area contributed by atoms with Crippen molar-refractivity contribution in [2.45, 2.75) is 91.9 Å². The molecule has 1 heterocycles. The molecule has 47 heavy (non-hydrogen) atoms. The van der Waals surface area contributed by atoms with Gasteiger partial charge in [-0.3, -0.25) is 4.79 Å². The number of nitrogens with one attached hydrogen (secondary N) is 1. The number of benzene rings is 2. The number of carbonyl (C=O) groups is 1. The van der Waals surface area contributed by atoms with Crippen molar-refractivity contribution in [3.8, 4) is 24.0 Å². The molecule has 1 aliphatic rings. The van der Waals surface area contributed by atoms with Gasteiger partial charge in [0.05, 0.1) is 17.9 Å². The minimum absolute atomic E-state index is 0.00941. The second kappa shape index (κ2) is 19.7. The summed E-state index contributed by atoms with van der Waals surface area (Å²) in [7, 11) is 0. The molecular formula is C40H49N5O2. The van der Waals surface area contributed by atoms with Crippen molar-refractivity contribution in [1.29, 1.82) is 15.8 Å². The minimum atomic E-state index is -0.433. The molecule has 1 N–H and O–H groups in total. The Hall–Kier alpha value is -4.80. The smallest absolute Gasteiger partial charge is 0.253 e. The normalized spacial score (nSPS) is 13.2. The van der Waals surface area contributed by atoms with Crippen LogP contribution >= 0.6 is 0 Å². The van der Waals surface area contributed by atoms with Crippen LogP contribution in [0.25, 0.3) is 12.2 Å².